The van der Waals surface area contributed by atoms with Gasteiger partial charge in [-0.1, -0.05) is 17.7 Å². The summed E-state index contributed by atoms with van der Waals surface area (Å²) in [6, 6.07) is 6.62. The van der Waals surface area contributed by atoms with Crippen LogP contribution in [-0.2, 0) is 6.54 Å². The highest BCUT2D eigenvalue weighted by Crippen LogP contribution is 2.25. The average Bonchev–Trinajstić information content (AvgIpc) is 2.82. The van der Waals surface area contributed by atoms with Crippen LogP contribution in [0.3, 0.4) is 0 Å². The second-order valence-electron chi connectivity index (χ2n) is 4.53. The van der Waals surface area contributed by atoms with Crippen molar-refractivity contribution in [3.63, 3.8) is 0 Å². The van der Waals surface area contributed by atoms with Gasteiger partial charge in [0, 0.05) is 19.1 Å². The van der Waals surface area contributed by atoms with Gasteiger partial charge in [-0.05, 0) is 37.7 Å². The SMILES string of the molecule is COc1ccc(CN(C)C2CCNC2)cc1Cl. The number of hydrogen-bond donors (Lipinski definition) is 1. The van der Waals surface area contributed by atoms with E-state index in [1.54, 1.807) is 7.11 Å². The number of hydrogen-bond acceptors (Lipinski definition) is 3. The molecule has 1 aliphatic heterocycles. The van der Waals surface area contributed by atoms with Crippen LogP contribution in [0.15, 0.2) is 18.2 Å². The van der Waals surface area contributed by atoms with Gasteiger partial charge >= 0.3 is 0 Å². The number of ether oxygens (including phenoxy) is 1. The molecule has 17 heavy (non-hydrogen) atoms. The Morgan fingerprint density at radius 1 is 1.53 bits per heavy atom. The Morgan fingerprint density at radius 2 is 2.35 bits per heavy atom. The predicted molar refractivity (Wildman–Crippen MR) is 70.7 cm³/mol. The third-order valence-electron chi connectivity index (χ3n) is 3.31. The van der Waals surface area contributed by atoms with Gasteiger partial charge in [-0.25, -0.2) is 0 Å². The lowest BCUT2D eigenvalue weighted by Gasteiger charge is -2.23. The molecule has 1 saturated heterocycles. The Labute approximate surface area is 108 Å². The molecule has 0 radical (unpaired) electrons. The third kappa shape index (κ3) is 3.12. The molecule has 1 atom stereocenters. The quantitative estimate of drug-likeness (QED) is 0.891. The summed E-state index contributed by atoms with van der Waals surface area (Å²) in [5, 5.41) is 4.06. The zero-order chi connectivity index (χ0) is 12.3. The van der Waals surface area contributed by atoms with E-state index in [4.69, 9.17) is 16.3 Å². The lowest BCUT2D eigenvalue weighted by atomic mass is 10.1. The number of nitrogens with zero attached hydrogens (tertiary/aromatic N) is 1. The van der Waals surface area contributed by atoms with E-state index in [0.29, 0.717) is 11.1 Å². The van der Waals surface area contributed by atoms with Crippen molar-refractivity contribution in [3.8, 4) is 5.75 Å². The maximum atomic E-state index is 6.12. The number of nitrogens with one attached hydrogen (secondary N) is 1. The predicted octanol–water partition coefficient (Wildman–Crippen LogP) is 2.14. The molecule has 0 amide bonds. The van der Waals surface area contributed by atoms with E-state index >= 15 is 0 Å². The monoisotopic (exact) mass is 254 g/mol. The molecule has 0 aromatic heterocycles. The van der Waals surface area contributed by atoms with Gasteiger partial charge in [-0.2, -0.15) is 0 Å². The molecule has 0 bridgehead atoms. The Morgan fingerprint density at radius 3 is 2.94 bits per heavy atom. The lowest BCUT2D eigenvalue weighted by molar-refractivity contribution is 0.249. The summed E-state index contributed by atoms with van der Waals surface area (Å²) in [4.78, 5) is 2.37. The standard InChI is InChI=1S/C13H19ClN2O/c1-16(11-5-6-15-8-11)9-10-3-4-13(17-2)12(14)7-10/h3-4,7,11,15H,5-6,8-9H2,1-2H3. The molecule has 2 rings (SSSR count). The summed E-state index contributed by atoms with van der Waals surface area (Å²) in [6.07, 6.45) is 1.22. The summed E-state index contributed by atoms with van der Waals surface area (Å²) in [6.45, 7) is 3.13. The Balaban J connectivity index is 2.00. The van der Waals surface area contributed by atoms with Gasteiger partial charge in [-0.15, -0.1) is 0 Å². The fourth-order valence-electron chi connectivity index (χ4n) is 2.24. The fourth-order valence-corrected chi connectivity index (χ4v) is 2.52. The second-order valence-corrected chi connectivity index (χ2v) is 4.94. The first-order valence-electron chi connectivity index (χ1n) is 5.94. The van der Waals surface area contributed by atoms with Crippen molar-refractivity contribution in [3.05, 3.63) is 28.8 Å². The number of likely N-dealkylation sites (N-methyl/N-ethyl adjacent to an activating group) is 1. The van der Waals surface area contributed by atoms with Crippen molar-refractivity contribution in [1.82, 2.24) is 10.2 Å². The van der Waals surface area contributed by atoms with E-state index in [2.05, 4.69) is 23.3 Å². The Bertz CT molecular complexity index is 378. The van der Waals surface area contributed by atoms with Crippen LogP contribution in [0.2, 0.25) is 5.02 Å². The molecular weight excluding hydrogens is 236 g/mol. The second kappa shape index (κ2) is 5.71. The number of benzene rings is 1. The van der Waals surface area contributed by atoms with Crippen LogP contribution in [-0.4, -0.2) is 38.2 Å². The molecule has 1 aromatic rings. The van der Waals surface area contributed by atoms with Crippen molar-refractivity contribution >= 4 is 11.6 Å². The number of rotatable bonds is 4. The van der Waals surface area contributed by atoms with Gasteiger partial charge in [0.1, 0.15) is 5.75 Å². The van der Waals surface area contributed by atoms with Gasteiger partial charge in [0.05, 0.1) is 12.1 Å². The van der Waals surface area contributed by atoms with Crippen LogP contribution in [0.4, 0.5) is 0 Å². The minimum absolute atomic E-state index is 0.635. The maximum absolute atomic E-state index is 6.12. The van der Waals surface area contributed by atoms with Crippen molar-refractivity contribution in [2.45, 2.75) is 19.0 Å². The van der Waals surface area contributed by atoms with Crippen LogP contribution >= 0.6 is 11.6 Å². The minimum atomic E-state index is 0.635. The van der Waals surface area contributed by atoms with E-state index < -0.39 is 0 Å². The van der Waals surface area contributed by atoms with Gasteiger partial charge in [0.15, 0.2) is 0 Å². The van der Waals surface area contributed by atoms with E-state index in [0.717, 1.165) is 25.4 Å². The van der Waals surface area contributed by atoms with Gasteiger partial charge in [-0.3, -0.25) is 4.90 Å². The van der Waals surface area contributed by atoms with Crippen LogP contribution in [0.5, 0.6) is 5.75 Å². The molecule has 94 valence electrons. The Hall–Kier alpha value is -0.770. The van der Waals surface area contributed by atoms with Crippen molar-refractivity contribution in [2.24, 2.45) is 0 Å². The molecule has 1 fully saturated rings. The van der Waals surface area contributed by atoms with Gasteiger partial charge in [0.2, 0.25) is 0 Å². The molecule has 1 aliphatic rings. The highest BCUT2D eigenvalue weighted by Gasteiger charge is 2.19. The first kappa shape index (κ1) is 12.7. The molecular formula is C13H19ClN2O. The smallest absolute Gasteiger partial charge is 0.137 e. The van der Waals surface area contributed by atoms with E-state index in [-0.39, 0.29) is 0 Å². The van der Waals surface area contributed by atoms with Gasteiger partial charge in [0.25, 0.3) is 0 Å². The lowest BCUT2D eigenvalue weighted by Crippen LogP contribution is -2.32. The number of methoxy groups -OCH3 is 1. The van der Waals surface area contributed by atoms with Crippen LogP contribution < -0.4 is 10.1 Å². The largest absolute Gasteiger partial charge is 0.495 e. The van der Waals surface area contributed by atoms with E-state index in [1.807, 2.05) is 12.1 Å². The molecule has 0 spiro atoms. The van der Waals surface area contributed by atoms with Crippen molar-refractivity contribution in [1.29, 1.82) is 0 Å². The van der Waals surface area contributed by atoms with Crippen LogP contribution in [0.25, 0.3) is 0 Å². The minimum Gasteiger partial charge on any atom is -0.495 e. The topological polar surface area (TPSA) is 24.5 Å². The highest BCUT2D eigenvalue weighted by molar-refractivity contribution is 6.32. The summed E-state index contributed by atoms with van der Waals surface area (Å²) in [5.41, 5.74) is 1.23. The normalized spacial score (nSPS) is 19.9. The van der Waals surface area contributed by atoms with Crippen molar-refractivity contribution < 1.29 is 4.74 Å². The zero-order valence-electron chi connectivity index (χ0n) is 10.4. The fraction of sp³-hybridized carbons (Fsp3) is 0.538. The molecule has 1 unspecified atom stereocenters. The number of halogens is 1. The molecule has 3 nitrogen and oxygen atoms in total. The first-order chi connectivity index (χ1) is 8.20. The summed E-state index contributed by atoms with van der Waals surface area (Å²) >= 11 is 6.12. The summed E-state index contributed by atoms with van der Waals surface area (Å²) in [7, 11) is 3.80. The Kier molecular flexibility index (Phi) is 4.26. The molecule has 1 heterocycles. The summed E-state index contributed by atoms with van der Waals surface area (Å²) < 4.78 is 5.15. The van der Waals surface area contributed by atoms with Crippen molar-refractivity contribution in [2.75, 3.05) is 27.2 Å². The third-order valence-corrected chi connectivity index (χ3v) is 3.60. The average molecular weight is 255 g/mol. The van der Waals surface area contributed by atoms with Crippen LogP contribution in [0.1, 0.15) is 12.0 Å². The van der Waals surface area contributed by atoms with Crippen LogP contribution in [0, 0.1) is 0 Å². The van der Waals surface area contributed by atoms with Gasteiger partial charge < -0.3 is 10.1 Å². The molecule has 0 saturated carbocycles. The zero-order valence-corrected chi connectivity index (χ0v) is 11.1. The highest BCUT2D eigenvalue weighted by atomic mass is 35.5. The molecule has 4 heteroatoms. The molecule has 1 N–H and O–H groups in total. The first-order valence-corrected chi connectivity index (χ1v) is 6.32. The van der Waals surface area contributed by atoms with E-state index in [9.17, 15) is 0 Å². The molecule has 1 aromatic carbocycles. The maximum Gasteiger partial charge on any atom is 0.137 e. The van der Waals surface area contributed by atoms with E-state index in [1.165, 1.54) is 12.0 Å². The summed E-state index contributed by atoms with van der Waals surface area (Å²) in [5.74, 6) is 0.737. The molecule has 0 aliphatic carbocycles.